The Morgan fingerprint density at radius 3 is 2.50 bits per heavy atom. The van der Waals surface area contributed by atoms with Gasteiger partial charge in [0.1, 0.15) is 0 Å². The number of carbonyl (C=O) groups excluding carboxylic acids is 1. The number of aromatic nitrogens is 1. The third-order valence-corrected chi connectivity index (χ3v) is 6.39. The Morgan fingerprint density at radius 2 is 1.80 bits per heavy atom. The number of thioether (sulfide) groups is 1. The Kier molecular flexibility index (Phi) is 7.64. The third-order valence-electron chi connectivity index (χ3n) is 4.65. The minimum atomic E-state index is -0.123. The predicted octanol–water partition coefficient (Wildman–Crippen LogP) is 6.09. The lowest BCUT2D eigenvalue weighted by molar-refractivity contribution is -0.118. The quantitative estimate of drug-likeness (QED) is 0.343. The van der Waals surface area contributed by atoms with E-state index in [-0.39, 0.29) is 5.91 Å². The summed E-state index contributed by atoms with van der Waals surface area (Å²) in [6.45, 7) is 6.06. The second-order valence-corrected chi connectivity index (χ2v) is 8.83. The molecule has 156 valence electrons. The molecule has 0 aliphatic carbocycles. The highest BCUT2D eigenvalue weighted by atomic mass is 35.5. The molecule has 3 rings (SSSR count). The first-order valence-electron chi connectivity index (χ1n) is 9.44. The summed E-state index contributed by atoms with van der Waals surface area (Å²) in [4.78, 5) is 12.0. The molecular weight excluding hydrogens is 437 g/mol. The van der Waals surface area contributed by atoms with E-state index in [2.05, 4.69) is 46.3 Å². The number of carbonyl (C=O) groups is 1. The maximum atomic E-state index is 12.0. The van der Waals surface area contributed by atoms with Crippen molar-refractivity contribution in [2.24, 2.45) is 5.10 Å². The molecular formula is C23H23Cl2N3OS. The maximum Gasteiger partial charge on any atom is 0.250 e. The summed E-state index contributed by atoms with van der Waals surface area (Å²) in [7, 11) is 0. The summed E-state index contributed by atoms with van der Waals surface area (Å²) >= 11 is 13.7. The Hall–Kier alpha value is -2.21. The van der Waals surface area contributed by atoms with Crippen molar-refractivity contribution in [1.82, 2.24) is 9.99 Å². The predicted molar refractivity (Wildman–Crippen MR) is 128 cm³/mol. The molecule has 0 bridgehead atoms. The Labute approximate surface area is 191 Å². The van der Waals surface area contributed by atoms with Crippen LogP contribution in [0.25, 0.3) is 5.69 Å². The molecule has 2 aromatic carbocycles. The summed E-state index contributed by atoms with van der Waals surface area (Å²) < 4.78 is 2.07. The van der Waals surface area contributed by atoms with Crippen molar-refractivity contribution in [3.63, 3.8) is 0 Å². The molecule has 1 N–H and O–H groups in total. The van der Waals surface area contributed by atoms with E-state index < -0.39 is 0 Å². The van der Waals surface area contributed by atoms with Gasteiger partial charge >= 0.3 is 0 Å². The van der Waals surface area contributed by atoms with E-state index in [0.29, 0.717) is 15.8 Å². The molecule has 0 saturated heterocycles. The minimum absolute atomic E-state index is 0.123. The van der Waals surface area contributed by atoms with Crippen LogP contribution in [0.1, 0.15) is 28.1 Å². The average molecular weight is 460 g/mol. The molecule has 0 radical (unpaired) electrons. The van der Waals surface area contributed by atoms with Crippen LogP contribution in [0.3, 0.4) is 0 Å². The van der Waals surface area contributed by atoms with Crippen LogP contribution in [-0.4, -0.2) is 22.4 Å². The van der Waals surface area contributed by atoms with E-state index in [0.717, 1.165) is 28.4 Å². The Bertz CT molecular complexity index is 1070. The largest absolute Gasteiger partial charge is 0.318 e. The van der Waals surface area contributed by atoms with Gasteiger partial charge in [0.15, 0.2) is 0 Å². The summed E-state index contributed by atoms with van der Waals surface area (Å²) in [5.41, 5.74) is 8.92. The third kappa shape index (κ3) is 5.69. The normalized spacial score (nSPS) is 11.2. The monoisotopic (exact) mass is 459 g/mol. The molecule has 3 aromatic rings. The average Bonchev–Trinajstić information content (AvgIpc) is 2.99. The number of nitrogens with one attached hydrogen (secondary N) is 1. The van der Waals surface area contributed by atoms with Crippen LogP contribution in [0.4, 0.5) is 0 Å². The van der Waals surface area contributed by atoms with Crippen molar-refractivity contribution in [2.75, 3.05) is 5.75 Å². The molecule has 1 aromatic heterocycles. The number of rotatable bonds is 7. The number of hydrazone groups is 1. The fourth-order valence-electron chi connectivity index (χ4n) is 3.09. The Morgan fingerprint density at radius 1 is 1.07 bits per heavy atom. The highest BCUT2D eigenvalue weighted by molar-refractivity contribution is 7.99. The van der Waals surface area contributed by atoms with Gasteiger partial charge < -0.3 is 4.57 Å². The van der Waals surface area contributed by atoms with Gasteiger partial charge in [-0.2, -0.15) is 5.10 Å². The first kappa shape index (κ1) is 22.5. The summed E-state index contributed by atoms with van der Waals surface area (Å²) in [5, 5.41) is 5.15. The lowest BCUT2D eigenvalue weighted by atomic mass is 10.2. The standard InChI is InChI=1S/C23H23Cl2N3OS/c1-15-4-6-18(7-5-15)13-30-14-23(29)27-26-12-19-10-16(2)28(17(19)3)20-8-9-21(24)22(25)11-20/h4-12H,13-14H2,1-3H3,(H,27,29)/b26-12-. The number of amides is 1. The number of benzene rings is 2. The van der Waals surface area contributed by atoms with Gasteiger partial charge in [-0.3, -0.25) is 4.79 Å². The fraction of sp³-hybridized carbons (Fsp3) is 0.217. The molecule has 0 fully saturated rings. The molecule has 7 heteroatoms. The molecule has 0 spiro atoms. The lowest BCUT2D eigenvalue weighted by Crippen LogP contribution is -2.19. The topological polar surface area (TPSA) is 46.4 Å². The van der Waals surface area contributed by atoms with Crippen molar-refractivity contribution in [2.45, 2.75) is 26.5 Å². The van der Waals surface area contributed by atoms with Gasteiger partial charge in [0.05, 0.1) is 22.0 Å². The smallest absolute Gasteiger partial charge is 0.250 e. The van der Waals surface area contributed by atoms with E-state index in [4.69, 9.17) is 23.2 Å². The molecule has 4 nitrogen and oxygen atoms in total. The van der Waals surface area contributed by atoms with Crippen molar-refractivity contribution >= 4 is 47.1 Å². The van der Waals surface area contributed by atoms with Gasteiger partial charge in [0.2, 0.25) is 5.91 Å². The minimum Gasteiger partial charge on any atom is -0.318 e. The van der Waals surface area contributed by atoms with E-state index in [1.54, 1.807) is 24.0 Å². The molecule has 0 unspecified atom stereocenters. The van der Waals surface area contributed by atoms with E-state index in [1.165, 1.54) is 11.1 Å². The summed E-state index contributed by atoms with van der Waals surface area (Å²) in [5.74, 6) is 1.03. The Balaban J connectivity index is 1.57. The molecule has 0 aliphatic rings. The fourth-order valence-corrected chi connectivity index (χ4v) is 4.16. The first-order valence-corrected chi connectivity index (χ1v) is 11.4. The lowest BCUT2D eigenvalue weighted by Gasteiger charge is -2.10. The molecule has 0 atom stereocenters. The number of halogens is 2. The van der Waals surface area contributed by atoms with E-state index in [1.807, 2.05) is 32.0 Å². The van der Waals surface area contributed by atoms with Crippen LogP contribution in [0.5, 0.6) is 0 Å². The highest BCUT2D eigenvalue weighted by Crippen LogP contribution is 2.27. The summed E-state index contributed by atoms with van der Waals surface area (Å²) in [6.07, 6.45) is 1.67. The molecule has 1 amide bonds. The van der Waals surface area contributed by atoms with Crippen LogP contribution in [-0.2, 0) is 10.5 Å². The molecule has 0 saturated carbocycles. The maximum absolute atomic E-state index is 12.0. The number of nitrogens with zero attached hydrogens (tertiary/aromatic N) is 2. The van der Waals surface area contributed by atoms with E-state index in [9.17, 15) is 4.79 Å². The highest BCUT2D eigenvalue weighted by Gasteiger charge is 2.11. The second kappa shape index (κ2) is 10.2. The molecule has 0 aliphatic heterocycles. The van der Waals surface area contributed by atoms with Gasteiger partial charge in [0, 0.05) is 28.4 Å². The van der Waals surface area contributed by atoms with E-state index >= 15 is 0 Å². The van der Waals surface area contributed by atoms with Crippen LogP contribution >= 0.6 is 35.0 Å². The number of aryl methyl sites for hydroxylation is 2. The SMILES string of the molecule is Cc1ccc(CSCC(=O)N/N=C\c2cc(C)n(-c3ccc(Cl)c(Cl)c3)c2C)cc1. The molecule has 1 heterocycles. The van der Waals surface area contributed by atoms with Crippen LogP contribution in [0, 0.1) is 20.8 Å². The van der Waals surface area contributed by atoms with Crippen molar-refractivity contribution in [3.8, 4) is 5.69 Å². The zero-order chi connectivity index (χ0) is 21.7. The van der Waals surface area contributed by atoms with Gasteiger partial charge in [-0.1, -0.05) is 53.0 Å². The van der Waals surface area contributed by atoms with Gasteiger partial charge in [-0.15, -0.1) is 11.8 Å². The van der Waals surface area contributed by atoms with Crippen molar-refractivity contribution in [1.29, 1.82) is 0 Å². The second-order valence-electron chi connectivity index (χ2n) is 7.03. The first-order chi connectivity index (χ1) is 14.3. The number of hydrogen-bond acceptors (Lipinski definition) is 3. The zero-order valence-corrected chi connectivity index (χ0v) is 19.4. The van der Waals surface area contributed by atoms with Crippen molar-refractivity contribution in [3.05, 3.63) is 86.7 Å². The van der Waals surface area contributed by atoms with Crippen molar-refractivity contribution < 1.29 is 4.79 Å². The zero-order valence-electron chi connectivity index (χ0n) is 17.1. The molecule has 30 heavy (non-hydrogen) atoms. The summed E-state index contributed by atoms with van der Waals surface area (Å²) in [6, 6.07) is 15.9. The van der Waals surface area contributed by atoms with Gasteiger partial charge in [-0.05, 0) is 50.6 Å². The number of hydrogen-bond donors (Lipinski definition) is 1. The van der Waals surface area contributed by atoms with Gasteiger partial charge in [0.25, 0.3) is 0 Å². The van der Waals surface area contributed by atoms with Gasteiger partial charge in [-0.25, -0.2) is 5.43 Å². The van der Waals surface area contributed by atoms with Crippen LogP contribution < -0.4 is 5.43 Å². The van der Waals surface area contributed by atoms with Crippen LogP contribution in [0.2, 0.25) is 10.0 Å². The van der Waals surface area contributed by atoms with Crippen LogP contribution in [0.15, 0.2) is 53.6 Å².